The molecule has 1 N–H and O–H groups in total. The second kappa shape index (κ2) is 12.3. The fourth-order valence-electron chi connectivity index (χ4n) is 3.85. The lowest BCUT2D eigenvalue weighted by Gasteiger charge is -2.37. The standard InChI is InChI=1S/C22H34N4O3.HI/c1-4-23-22(24-10-9-18-8-7-17(2)20(16-18)28-3)26-13-11-25(12-14-26)21(27)19-6-5-15-29-19;/h7-8,16,19H,4-6,9-15H2,1-3H3,(H,23,24);1H. The Bertz CT molecular complexity index is 714. The quantitative estimate of drug-likeness (QED) is 0.348. The number of ether oxygens (including phenoxy) is 2. The minimum Gasteiger partial charge on any atom is -0.496 e. The van der Waals surface area contributed by atoms with Gasteiger partial charge in [-0.05, 0) is 50.3 Å². The van der Waals surface area contributed by atoms with E-state index in [0.717, 1.165) is 69.3 Å². The lowest BCUT2D eigenvalue weighted by atomic mass is 10.1. The van der Waals surface area contributed by atoms with E-state index in [1.165, 1.54) is 5.56 Å². The summed E-state index contributed by atoms with van der Waals surface area (Å²) in [7, 11) is 1.71. The van der Waals surface area contributed by atoms with Gasteiger partial charge in [-0.1, -0.05) is 12.1 Å². The summed E-state index contributed by atoms with van der Waals surface area (Å²) in [5.74, 6) is 2.00. The summed E-state index contributed by atoms with van der Waals surface area (Å²) in [6.07, 6.45) is 2.48. The van der Waals surface area contributed by atoms with Gasteiger partial charge in [0.15, 0.2) is 5.96 Å². The zero-order chi connectivity index (χ0) is 20.6. The second-order valence-electron chi connectivity index (χ2n) is 7.60. The van der Waals surface area contributed by atoms with E-state index < -0.39 is 0 Å². The molecule has 7 nitrogen and oxygen atoms in total. The highest BCUT2D eigenvalue weighted by molar-refractivity contribution is 14.0. The van der Waals surface area contributed by atoms with Crippen molar-refractivity contribution in [3.8, 4) is 5.75 Å². The molecule has 168 valence electrons. The lowest BCUT2D eigenvalue weighted by Crippen LogP contribution is -2.55. The number of carbonyl (C=O) groups is 1. The first kappa shape index (κ1) is 24.7. The van der Waals surface area contributed by atoms with Crippen LogP contribution in [0.2, 0.25) is 0 Å². The summed E-state index contributed by atoms with van der Waals surface area (Å²) in [6.45, 7) is 9.41. The van der Waals surface area contributed by atoms with Gasteiger partial charge in [0.25, 0.3) is 5.91 Å². The molecule has 2 aliphatic rings. The van der Waals surface area contributed by atoms with Crippen LogP contribution in [0, 0.1) is 6.92 Å². The zero-order valence-electron chi connectivity index (χ0n) is 18.4. The maximum absolute atomic E-state index is 12.5. The number of hydrogen-bond donors (Lipinski definition) is 1. The largest absolute Gasteiger partial charge is 0.496 e. The number of amides is 1. The van der Waals surface area contributed by atoms with Crippen LogP contribution in [0.15, 0.2) is 23.2 Å². The topological polar surface area (TPSA) is 66.4 Å². The smallest absolute Gasteiger partial charge is 0.251 e. The molecular weight excluding hydrogens is 495 g/mol. The number of nitrogens with zero attached hydrogens (tertiary/aromatic N) is 3. The average molecular weight is 530 g/mol. The predicted octanol–water partition coefficient (Wildman–Crippen LogP) is 2.45. The molecule has 0 aromatic heterocycles. The molecular formula is C22H35IN4O3. The number of methoxy groups -OCH3 is 1. The Balaban J connectivity index is 0.00000320. The molecule has 1 aromatic rings. The Morgan fingerprint density at radius 3 is 2.63 bits per heavy atom. The van der Waals surface area contributed by atoms with Gasteiger partial charge in [0, 0.05) is 45.9 Å². The van der Waals surface area contributed by atoms with E-state index in [-0.39, 0.29) is 36.0 Å². The molecule has 1 aromatic carbocycles. The maximum Gasteiger partial charge on any atom is 0.251 e. The van der Waals surface area contributed by atoms with Crippen molar-refractivity contribution in [3.05, 3.63) is 29.3 Å². The molecule has 2 heterocycles. The van der Waals surface area contributed by atoms with Crippen LogP contribution in [0.1, 0.15) is 30.9 Å². The third-order valence-corrected chi connectivity index (χ3v) is 5.57. The Morgan fingerprint density at radius 1 is 1.27 bits per heavy atom. The third kappa shape index (κ3) is 6.47. The Kier molecular flexibility index (Phi) is 10.2. The van der Waals surface area contributed by atoms with Gasteiger partial charge in [-0.15, -0.1) is 24.0 Å². The first-order chi connectivity index (χ1) is 14.1. The lowest BCUT2D eigenvalue weighted by molar-refractivity contribution is -0.142. The van der Waals surface area contributed by atoms with Crippen LogP contribution in [0.5, 0.6) is 5.75 Å². The molecule has 2 aliphatic heterocycles. The van der Waals surface area contributed by atoms with Crippen LogP contribution < -0.4 is 10.1 Å². The number of carbonyl (C=O) groups excluding carboxylic acids is 1. The van der Waals surface area contributed by atoms with Crippen molar-refractivity contribution in [2.75, 3.05) is 53.0 Å². The monoisotopic (exact) mass is 530 g/mol. The predicted molar refractivity (Wildman–Crippen MR) is 130 cm³/mol. The molecule has 2 saturated heterocycles. The number of piperazine rings is 1. The number of benzene rings is 1. The molecule has 0 aliphatic carbocycles. The van der Waals surface area contributed by atoms with Gasteiger partial charge in [0.05, 0.1) is 7.11 Å². The van der Waals surface area contributed by atoms with Gasteiger partial charge in [0.2, 0.25) is 0 Å². The first-order valence-corrected chi connectivity index (χ1v) is 10.7. The fourth-order valence-corrected chi connectivity index (χ4v) is 3.85. The Hall–Kier alpha value is -1.55. The van der Waals surface area contributed by atoms with Crippen LogP contribution in [0.25, 0.3) is 0 Å². The Labute approximate surface area is 197 Å². The van der Waals surface area contributed by atoms with E-state index in [0.29, 0.717) is 13.2 Å². The molecule has 1 unspecified atom stereocenters. The fraction of sp³-hybridized carbons (Fsp3) is 0.636. The van der Waals surface area contributed by atoms with Gasteiger partial charge in [0.1, 0.15) is 11.9 Å². The Morgan fingerprint density at radius 2 is 2.00 bits per heavy atom. The van der Waals surface area contributed by atoms with Gasteiger partial charge >= 0.3 is 0 Å². The normalized spacial score (nSPS) is 19.4. The molecule has 0 radical (unpaired) electrons. The molecule has 1 atom stereocenters. The van der Waals surface area contributed by atoms with Crippen LogP contribution in [-0.2, 0) is 16.0 Å². The van der Waals surface area contributed by atoms with Crippen LogP contribution in [0.4, 0.5) is 0 Å². The third-order valence-electron chi connectivity index (χ3n) is 5.57. The molecule has 8 heteroatoms. The van der Waals surface area contributed by atoms with Crippen molar-refractivity contribution >= 4 is 35.8 Å². The molecule has 0 bridgehead atoms. The number of guanidine groups is 1. The summed E-state index contributed by atoms with van der Waals surface area (Å²) < 4.78 is 11.0. The van der Waals surface area contributed by atoms with Crippen molar-refractivity contribution in [1.82, 2.24) is 15.1 Å². The van der Waals surface area contributed by atoms with Crippen molar-refractivity contribution in [1.29, 1.82) is 0 Å². The minimum absolute atomic E-state index is 0. The van der Waals surface area contributed by atoms with Crippen molar-refractivity contribution in [3.63, 3.8) is 0 Å². The summed E-state index contributed by atoms with van der Waals surface area (Å²) in [6, 6.07) is 6.32. The highest BCUT2D eigenvalue weighted by Crippen LogP contribution is 2.19. The molecule has 3 rings (SSSR count). The zero-order valence-corrected chi connectivity index (χ0v) is 20.7. The van der Waals surface area contributed by atoms with E-state index in [4.69, 9.17) is 14.5 Å². The van der Waals surface area contributed by atoms with Gasteiger partial charge in [-0.25, -0.2) is 0 Å². The van der Waals surface area contributed by atoms with E-state index in [1.54, 1.807) is 7.11 Å². The SMILES string of the molecule is CCNC(=NCCc1ccc(C)c(OC)c1)N1CCN(C(=O)C2CCCO2)CC1.I. The number of rotatable bonds is 6. The van der Waals surface area contributed by atoms with E-state index >= 15 is 0 Å². The van der Waals surface area contributed by atoms with E-state index in [2.05, 4.69) is 35.3 Å². The molecule has 0 spiro atoms. The maximum atomic E-state index is 12.5. The highest BCUT2D eigenvalue weighted by atomic mass is 127. The number of halogens is 1. The number of aliphatic imine (C=N–C) groups is 1. The molecule has 1 amide bonds. The number of aryl methyl sites for hydroxylation is 1. The summed E-state index contributed by atoms with van der Waals surface area (Å²) in [5.41, 5.74) is 2.36. The van der Waals surface area contributed by atoms with Crippen molar-refractivity contribution in [2.24, 2.45) is 4.99 Å². The average Bonchev–Trinajstić information content (AvgIpc) is 3.29. The molecule has 2 fully saturated rings. The summed E-state index contributed by atoms with van der Waals surface area (Å²) >= 11 is 0. The summed E-state index contributed by atoms with van der Waals surface area (Å²) in [5, 5.41) is 3.39. The van der Waals surface area contributed by atoms with Crippen molar-refractivity contribution < 1.29 is 14.3 Å². The van der Waals surface area contributed by atoms with Crippen LogP contribution in [-0.4, -0.2) is 80.8 Å². The first-order valence-electron chi connectivity index (χ1n) is 10.7. The molecule has 30 heavy (non-hydrogen) atoms. The van der Waals surface area contributed by atoms with E-state index in [9.17, 15) is 4.79 Å². The minimum atomic E-state index is -0.227. The molecule has 0 saturated carbocycles. The van der Waals surface area contributed by atoms with Crippen LogP contribution in [0.3, 0.4) is 0 Å². The van der Waals surface area contributed by atoms with E-state index in [1.807, 2.05) is 11.8 Å². The second-order valence-corrected chi connectivity index (χ2v) is 7.60. The number of nitrogens with one attached hydrogen (secondary N) is 1. The van der Waals surface area contributed by atoms with Crippen molar-refractivity contribution in [2.45, 2.75) is 39.2 Å². The van der Waals surface area contributed by atoms with Gasteiger partial charge in [-0.2, -0.15) is 0 Å². The summed E-state index contributed by atoms with van der Waals surface area (Å²) in [4.78, 5) is 21.5. The van der Waals surface area contributed by atoms with Gasteiger partial charge < -0.3 is 24.6 Å². The highest BCUT2D eigenvalue weighted by Gasteiger charge is 2.30. The van der Waals surface area contributed by atoms with Crippen LogP contribution >= 0.6 is 24.0 Å². The number of hydrogen-bond acceptors (Lipinski definition) is 4. The van der Waals surface area contributed by atoms with Gasteiger partial charge in [-0.3, -0.25) is 9.79 Å².